The Balaban J connectivity index is 1.39. The first kappa shape index (κ1) is 24.5. The van der Waals surface area contributed by atoms with Crippen molar-refractivity contribution in [2.24, 2.45) is 0 Å². The number of nitrogens with one attached hydrogen (secondary N) is 3. The van der Waals surface area contributed by atoms with Crippen molar-refractivity contribution in [2.45, 2.75) is 64.6 Å². The molecule has 1 aliphatic carbocycles. The van der Waals surface area contributed by atoms with Crippen LogP contribution < -0.4 is 10.6 Å². The maximum absolute atomic E-state index is 14.7. The number of amides is 1. The van der Waals surface area contributed by atoms with Crippen molar-refractivity contribution in [1.29, 1.82) is 0 Å². The number of nitrogens with zero attached hydrogens (tertiary/aromatic N) is 5. The number of aromatic nitrogens is 6. The summed E-state index contributed by atoms with van der Waals surface area (Å²) in [6, 6.07) is 7.22. The first-order valence-corrected chi connectivity index (χ1v) is 12.2. The molecule has 1 aromatic carbocycles. The summed E-state index contributed by atoms with van der Waals surface area (Å²) in [7, 11) is 0. The number of anilines is 2. The summed E-state index contributed by atoms with van der Waals surface area (Å²) in [5.74, 6) is 0.244. The predicted octanol–water partition coefficient (Wildman–Crippen LogP) is 4.74. The van der Waals surface area contributed by atoms with Crippen LogP contribution in [0.15, 0.2) is 41.1 Å². The highest BCUT2D eigenvalue weighted by atomic mass is 19.1. The molecule has 0 fully saturated rings. The molecule has 192 valence electrons. The maximum atomic E-state index is 14.7. The molecule has 0 unspecified atom stereocenters. The second kappa shape index (κ2) is 9.72. The fraction of sp³-hybridized carbons (Fsp3) is 0.385. The lowest BCUT2D eigenvalue weighted by atomic mass is 9.95. The van der Waals surface area contributed by atoms with E-state index in [0.29, 0.717) is 30.4 Å². The minimum Gasteiger partial charge on any atom is -0.416 e. The first-order chi connectivity index (χ1) is 17.7. The lowest BCUT2D eigenvalue weighted by Gasteiger charge is -2.19. The Bertz CT molecular complexity index is 1420. The third-order valence-electron chi connectivity index (χ3n) is 6.32. The van der Waals surface area contributed by atoms with Crippen molar-refractivity contribution < 1.29 is 13.6 Å². The van der Waals surface area contributed by atoms with Crippen molar-refractivity contribution in [1.82, 2.24) is 35.7 Å². The fourth-order valence-electron chi connectivity index (χ4n) is 4.29. The highest BCUT2D eigenvalue weighted by Crippen LogP contribution is 2.33. The van der Waals surface area contributed by atoms with Gasteiger partial charge in [0.25, 0.3) is 0 Å². The quantitative estimate of drug-likeness (QED) is 0.332. The van der Waals surface area contributed by atoms with Crippen molar-refractivity contribution in [3.63, 3.8) is 0 Å². The zero-order valence-corrected chi connectivity index (χ0v) is 21.2. The Kier molecular flexibility index (Phi) is 6.45. The molecule has 1 amide bonds. The van der Waals surface area contributed by atoms with E-state index < -0.39 is 12.1 Å². The number of hydrogen-bond donors (Lipinski definition) is 3. The van der Waals surface area contributed by atoms with Gasteiger partial charge in [-0.1, -0.05) is 32.9 Å². The summed E-state index contributed by atoms with van der Waals surface area (Å²) in [5.41, 5.74) is 4.51. The highest BCUT2D eigenvalue weighted by molar-refractivity contribution is 5.89. The molecule has 0 bridgehead atoms. The van der Waals surface area contributed by atoms with Crippen LogP contribution in [-0.2, 0) is 11.8 Å². The molecule has 0 saturated carbocycles. The molecule has 4 aromatic rings. The summed E-state index contributed by atoms with van der Waals surface area (Å²) in [6.45, 7) is 7.68. The van der Waals surface area contributed by atoms with Gasteiger partial charge in [0.1, 0.15) is 6.17 Å². The summed E-state index contributed by atoms with van der Waals surface area (Å²) in [4.78, 5) is 21.8. The number of fused-ring (bicyclic) bond motifs is 1. The van der Waals surface area contributed by atoms with Gasteiger partial charge in [-0.3, -0.25) is 9.89 Å². The topological polar surface area (TPSA) is 135 Å². The van der Waals surface area contributed by atoms with Gasteiger partial charge in [0, 0.05) is 23.6 Å². The molecule has 5 rings (SSSR count). The van der Waals surface area contributed by atoms with E-state index in [2.05, 4.69) is 41.0 Å². The van der Waals surface area contributed by atoms with Gasteiger partial charge in [-0.05, 0) is 43.0 Å². The number of carbonyl (C=O) groups is 1. The summed E-state index contributed by atoms with van der Waals surface area (Å²) < 4.78 is 20.3. The molecule has 0 saturated heterocycles. The van der Waals surface area contributed by atoms with Crippen molar-refractivity contribution in [2.75, 3.05) is 5.32 Å². The van der Waals surface area contributed by atoms with Crippen LogP contribution in [0.1, 0.15) is 73.1 Å². The zero-order chi connectivity index (χ0) is 26.2. The Morgan fingerprint density at radius 2 is 2.03 bits per heavy atom. The SMILES string of the molecule is Cc1[nH]ncc1Nc1nccc(-c2ccc3c(c2)C[C@@H](F)CC[C@H]3NC(=O)c2nnc(C(C)(C)C)o2)n1. The standard InChI is InChI=1S/C26H29FN8O2/c1-14-21(13-29-33-14)32-25-28-10-9-19(31-25)15-5-7-18-16(11-15)12-17(27)6-8-20(18)30-22(36)23-34-35-24(37-23)26(2,3)4/h5,7,9-11,13,17,20H,6,8,12H2,1-4H3,(H,29,33)(H,30,36)(H,28,31,32)/t17-,20+/m0/s1. The minimum atomic E-state index is -1.02. The van der Waals surface area contributed by atoms with Crippen LogP contribution >= 0.6 is 0 Å². The van der Waals surface area contributed by atoms with Gasteiger partial charge in [-0.15, -0.1) is 10.2 Å². The number of aromatic amines is 1. The van der Waals surface area contributed by atoms with Crippen molar-refractivity contribution in [3.8, 4) is 11.3 Å². The van der Waals surface area contributed by atoms with Gasteiger partial charge in [-0.2, -0.15) is 5.10 Å². The number of alkyl halides is 1. The largest absolute Gasteiger partial charge is 0.416 e. The Hall–Kier alpha value is -4.15. The zero-order valence-electron chi connectivity index (χ0n) is 21.2. The van der Waals surface area contributed by atoms with Crippen LogP contribution in [0.3, 0.4) is 0 Å². The first-order valence-electron chi connectivity index (χ1n) is 12.2. The van der Waals surface area contributed by atoms with E-state index in [0.717, 1.165) is 28.1 Å². The summed E-state index contributed by atoms with van der Waals surface area (Å²) in [5, 5.41) is 20.9. The predicted molar refractivity (Wildman–Crippen MR) is 135 cm³/mol. The Morgan fingerprint density at radius 1 is 1.19 bits per heavy atom. The van der Waals surface area contributed by atoms with Gasteiger partial charge < -0.3 is 15.1 Å². The van der Waals surface area contributed by atoms with Gasteiger partial charge >= 0.3 is 11.8 Å². The van der Waals surface area contributed by atoms with E-state index in [1.165, 1.54) is 0 Å². The molecular weight excluding hydrogens is 475 g/mol. The normalized spacial score (nSPS) is 17.6. The molecule has 0 aliphatic heterocycles. The van der Waals surface area contributed by atoms with Gasteiger partial charge in [0.2, 0.25) is 11.8 Å². The smallest absolute Gasteiger partial charge is 0.309 e. The number of carbonyl (C=O) groups excluding carboxylic acids is 1. The summed E-state index contributed by atoms with van der Waals surface area (Å²) in [6.07, 6.45) is 3.38. The van der Waals surface area contributed by atoms with Crippen LogP contribution in [0.4, 0.5) is 16.0 Å². The minimum absolute atomic E-state index is 0.0991. The second-order valence-electron chi connectivity index (χ2n) is 10.3. The fourth-order valence-corrected chi connectivity index (χ4v) is 4.29. The van der Waals surface area contributed by atoms with E-state index in [1.807, 2.05) is 45.9 Å². The number of H-pyrrole nitrogens is 1. The average molecular weight is 505 g/mol. The van der Waals surface area contributed by atoms with Crippen LogP contribution in [-0.4, -0.2) is 42.4 Å². The van der Waals surface area contributed by atoms with Crippen LogP contribution in [0, 0.1) is 6.92 Å². The molecule has 3 N–H and O–H groups in total. The molecule has 37 heavy (non-hydrogen) atoms. The third kappa shape index (κ3) is 5.35. The molecule has 1 aliphatic rings. The van der Waals surface area contributed by atoms with Gasteiger partial charge in [0.15, 0.2) is 0 Å². The lowest BCUT2D eigenvalue weighted by Crippen LogP contribution is -2.29. The molecule has 2 atom stereocenters. The number of rotatable bonds is 5. The van der Waals surface area contributed by atoms with E-state index in [-0.39, 0.29) is 23.8 Å². The monoisotopic (exact) mass is 504 g/mol. The summed E-state index contributed by atoms with van der Waals surface area (Å²) >= 11 is 0. The lowest BCUT2D eigenvalue weighted by molar-refractivity contribution is 0.0894. The van der Waals surface area contributed by atoms with E-state index in [9.17, 15) is 9.18 Å². The molecule has 10 nitrogen and oxygen atoms in total. The van der Waals surface area contributed by atoms with Crippen LogP contribution in [0.25, 0.3) is 11.3 Å². The molecule has 0 radical (unpaired) electrons. The number of hydrogen-bond acceptors (Lipinski definition) is 8. The Morgan fingerprint density at radius 3 is 2.76 bits per heavy atom. The molecule has 11 heteroatoms. The van der Waals surface area contributed by atoms with Gasteiger partial charge in [0.05, 0.1) is 29.3 Å². The maximum Gasteiger partial charge on any atom is 0.309 e. The van der Waals surface area contributed by atoms with Crippen LogP contribution in [0.5, 0.6) is 0 Å². The number of aryl methyl sites for hydroxylation is 1. The van der Waals surface area contributed by atoms with Crippen LogP contribution in [0.2, 0.25) is 0 Å². The molecule has 3 aromatic heterocycles. The average Bonchev–Trinajstić information content (AvgIpc) is 3.48. The molecule has 0 spiro atoms. The number of halogens is 1. The molecular formula is C26H29FN8O2. The van der Waals surface area contributed by atoms with Crippen molar-refractivity contribution >= 4 is 17.5 Å². The van der Waals surface area contributed by atoms with E-state index in [4.69, 9.17) is 4.42 Å². The van der Waals surface area contributed by atoms with Gasteiger partial charge in [-0.25, -0.2) is 14.4 Å². The third-order valence-corrected chi connectivity index (χ3v) is 6.32. The highest BCUT2D eigenvalue weighted by Gasteiger charge is 2.29. The van der Waals surface area contributed by atoms with E-state index >= 15 is 0 Å². The van der Waals surface area contributed by atoms with E-state index in [1.54, 1.807) is 18.5 Å². The number of benzene rings is 1. The molecule has 3 heterocycles. The Labute approximate surface area is 213 Å². The second-order valence-corrected chi connectivity index (χ2v) is 10.3. The van der Waals surface area contributed by atoms with Crippen molar-refractivity contribution in [3.05, 3.63) is 65.3 Å².